The molecule has 2 nitrogen and oxygen atoms in total. The van der Waals surface area contributed by atoms with Gasteiger partial charge in [-0.25, -0.2) is 4.98 Å². The third-order valence-corrected chi connectivity index (χ3v) is 1.89. The van der Waals surface area contributed by atoms with Gasteiger partial charge in [0.1, 0.15) is 0 Å². The molecule has 56 valence electrons. The lowest BCUT2D eigenvalue weighted by molar-refractivity contribution is 0.972. The Kier molecular flexibility index (Phi) is 1.39. The van der Waals surface area contributed by atoms with Gasteiger partial charge in [0.05, 0.1) is 18.0 Å². The summed E-state index contributed by atoms with van der Waals surface area (Å²) in [5.41, 5.74) is 2.48. The molecule has 0 fully saturated rings. The minimum absolute atomic E-state index is 1.05. The molecule has 0 bridgehead atoms. The average Bonchev–Trinajstić information content (AvgIpc) is 2.50. The molecule has 0 amide bonds. The van der Waals surface area contributed by atoms with Crippen molar-refractivity contribution in [2.24, 2.45) is 0 Å². The number of hydrogen-bond donors (Lipinski definition) is 0. The normalized spacial score (nSPS) is 10.6. The van der Waals surface area contributed by atoms with E-state index in [1.807, 2.05) is 12.5 Å². The maximum Gasteiger partial charge on any atom is 0.0994 e. The van der Waals surface area contributed by atoms with Crippen LogP contribution in [0.15, 0.2) is 30.7 Å². The van der Waals surface area contributed by atoms with Gasteiger partial charge in [0.25, 0.3) is 0 Å². The lowest BCUT2D eigenvalue weighted by Crippen LogP contribution is -1.91. The van der Waals surface area contributed by atoms with Gasteiger partial charge in [-0.1, -0.05) is 13.0 Å². The fraction of sp³-hybridized carbons (Fsp3) is 0.222. The van der Waals surface area contributed by atoms with Crippen molar-refractivity contribution in [2.75, 3.05) is 0 Å². The number of pyridine rings is 1. The van der Waals surface area contributed by atoms with Gasteiger partial charge in [0, 0.05) is 5.69 Å². The molecule has 2 heterocycles. The molecule has 0 saturated heterocycles. The summed E-state index contributed by atoms with van der Waals surface area (Å²) in [7, 11) is 0. The molecule has 2 aromatic heterocycles. The lowest BCUT2D eigenvalue weighted by atomic mass is 10.3. The van der Waals surface area contributed by atoms with Crippen molar-refractivity contribution in [2.45, 2.75) is 13.3 Å². The fourth-order valence-corrected chi connectivity index (χ4v) is 1.29. The third-order valence-electron chi connectivity index (χ3n) is 1.89. The van der Waals surface area contributed by atoms with Crippen molar-refractivity contribution >= 4 is 5.52 Å². The van der Waals surface area contributed by atoms with Crippen LogP contribution in [0.4, 0.5) is 0 Å². The maximum absolute atomic E-state index is 4.07. The van der Waals surface area contributed by atoms with E-state index in [2.05, 4.69) is 34.5 Å². The standard InChI is InChI=1S/C9H10N2/c1-2-8-4-3-5-9-6-10-7-11(8)9/h3-7H,2H2,1H3. The first-order valence-corrected chi connectivity index (χ1v) is 3.82. The minimum Gasteiger partial charge on any atom is -0.303 e. The molecule has 2 aromatic rings. The van der Waals surface area contributed by atoms with Gasteiger partial charge in [-0.15, -0.1) is 0 Å². The highest BCUT2D eigenvalue weighted by molar-refractivity contribution is 5.45. The second kappa shape index (κ2) is 2.38. The van der Waals surface area contributed by atoms with Crippen molar-refractivity contribution in [1.29, 1.82) is 0 Å². The van der Waals surface area contributed by atoms with Crippen LogP contribution < -0.4 is 0 Å². The van der Waals surface area contributed by atoms with E-state index >= 15 is 0 Å². The van der Waals surface area contributed by atoms with Gasteiger partial charge in [-0.05, 0) is 18.6 Å². The average molecular weight is 146 g/mol. The van der Waals surface area contributed by atoms with E-state index in [1.54, 1.807) is 0 Å². The summed E-state index contributed by atoms with van der Waals surface area (Å²) in [6, 6.07) is 6.25. The number of aromatic nitrogens is 2. The first-order chi connectivity index (χ1) is 5.42. The molecule has 0 aliphatic carbocycles. The highest BCUT2D eigenvalue weighted by atomic mass is 15.0. The molecule has 11 heavy (non-hydrogen) atoms. The summed E-state index contributed by atoms with van der Waals surface area (Å²) in [5.74, 6) is 0. The van der Waals surface area contributed by atoms with E-state index in [9.17, 15) is 0 Å². The third kappa shape index (κ3) is 0.909. The van der Waals surface area contributed by atoms with Gasteiger partial charge in [0.15, 0.2) is 0 Å². The predicted molar refractivity (Wildman–Crippen MR) is 44.6 cm³/mol. The molecule has 0 saturated carbocycles. The Morgan fingerprint density at radius 3 is 3.18 bits per heavy atom. The molecule has 0 radical (unpaired) electrons. The predicted octanol–water partition coefficient (Wildman–Crippen LogP) is 1.90. The summed E-state index contributed by atoms with van der Waals surface area (Å²) in [4.78, 5) is 4.07. The Labute approximate surface area is 65.5 Å². The number of rotatable bonds is 1. The Morgan fingerprint density at radius 2 is 2.36 bits per heavy atom. The van der Waals surface area contributed by atoms with Crippen LogP contribution >= 0.6 is 0 Å². The van der Waals surface area contributed by atoms with Crippen LogP contribution in [0.1, 0.15) is 12.6 Å². The van der Waals surface area contributed by atoms with Crippen molar-refractivity contribution in [1.82, 2.24) is 9.38 Å². The van der Waals surface area contributed by atoms with E-state index in [-0.39, 0.29) is 0 Å². The zero-order valence-electron chi connectivity index (χ0n) is 6.49. The van der Waals surface area contributed by atoms with Gasteiger partial charge in [-0.2, -0.15) is 0 Å². The Balaban J connectivity index is 2.79. The van der Waals surface area contributed by atoms with Gasteiger partial charge in [0.2, 0.25) is 0 Å². The highest BCUT2D eigenvalue weighted by Crippen LogP contribution is 2.06. The molecular weight excluding hydrogens is 136 g/mol. The summed E-state index contributed by atoms with van der Waals surface area (Å²) in [6.45, 7) is 2.15. The molecule has 2 rings (SSSR count). The molecule has 0 N–H and O–H groups in total. The minimum atomic E-state index is 1.05. The molecule has 0 atom stereocenters. The summed E-state index contributed by atoms with van der Waals surface area (Å²) < 4.78 is 2.11. The largest absolute Gasteiger partial charge is 0.303 e. The molecular formula is C9H10N2. The molecule has 0 aliphatic rings. The molecule has 0 unspecified atom stereocenters. The molecule has 0 aromatic carbocycles. The smallest absolute Gasteiger partial charge is 0.0994 e. The van der Waals surface area contributed by atoms with Crippen LogP contribution in [0.25, 0.3) is 5.52 Å². The van der Waals surface area contributed by atoms with Gasteiger partial charge < -0.3 is 4.40 Å². The summed E-state index contributed by atoms with van der Waals surface area (Å²) in [5, 5.41) is 0. The first-order valence-electron chi connectivity index (χ1n) is 3.82. The number of aryl methyl sites for hydroxylation is 1. The van der Waals surface area contributed by atoms with E-state index < -0.39 is 0 Å². The Morgan fingerprint density at radius 1 is 1.45 bits per heavy atom. The zero-order valence-corrected chi connectivity index (χ0v) is 6.49. The van der Waals surface area contributed by atoms with Crippen LogP contribution in [0.5, 0.6) is 0 Å². The van der Waals surface area contributed by atoms with Gasteiger partial charge in [-0.3, -0.25) is 0 Å². The van der Waals surface area contributed by atoms with Crippen LogP contribution in [0, 0.1) is 0 Å². The Hall–Kier alpha value is -1.31. The Bertz CT molecular complexity index is 362. The van der Waals surface area contributed by atoms with Crippen LogP contribution in [-0.2, 0) is 6.42 Å². The SMILES string of the molecule is CCc1cccc2cncn12. The van der Waals surface area contributed by atoms with E-state index in [4.69, 9.17) is 0 Å². The second-order valence-electron chi connectivity index (χ2n) is 2.56. The highest BCUT2D eigenvalue weighted by Gasteiger charge is 1.95. The maximum atomic E-state index is 4.07. The fourth-order valence-electron chi connectivity index (χ4n) is 1.29. The van der Waals surface area contributed by atoms with E-state index in [1.165, 1.54) is 11.2 Å². The van der Waals surface area contributed by atoms with Crippen molar-refractivity contribution in [3.8, 4) is 0 Å². The number of hydrogen-bond acceptors (Lipinski definition) is 1. The number of fused-ring (bicyclic) bond motifs is 1. The molecule has 0 spiro atoms. The summed E-state index contributed by atoms with van der Waals surface area (Å²) in [6.07, 6.45) is 4.78. The monoisotopic (exact) mass is 146 g/mol. The van der Waals surface area contributed by atoms with Crippen LogP contribution in [-0.4, -0.2) is 9.38 Å². The number of nitrogens with zero attached hydrogens (tertiary/aromatic N) is 2. The second-order valence-corrected chi connectivity index (χ2v) is 2.56. The van der Waals surface area contributed by atoms with Crippen LogP contribution in [0.3, 0.4) is 0 Å². The molecule has 2 heteroatoms. The first kappa shape index (κ1) is 6.40. The molecule has 0 aliphatic heterocycles. The zero-order chi connectivity index (χ0) is 7.68. The van der Waals surface area contributed by atoms with Crippen molar-refractivity contribution in [3.05, 3.63) is 36.4 Å². The van der Waals surface area contributed by atoms with E-state index in [0.717, 1.165) is 6.42 Å². The lowest BCUT2D eigenvalue weighted by Gasteiger charge is -1.99. The van der Waals surface area contributed by atoms with Gasteiger partial charge >= 0.3 is 0 Å². The quantitative estimate of drug-likeness (QED) is 0.600. The van der Waals surface area contributed by atoms with Crippen molar-refractivity contribution < 1.29 is 0 Å². The van der Waals surface area contributed by atoms with Crippen molar-refractivity contribution in [3.63, 3.8) is 0 Å². The van der Waals surface area contributed by atoms with E-state index in [0.29, 0.717) is 0 Å². The summed E-state index contributed by atoms with van der Waals surface area (Å²) >= 11 is 0. The van der Waals surface area contributed by atoms with Crippen LogP contribution in [0.2, 0.25) is 0 Å². The number of imidazole rings is 1. The topological polar surface area (TPSA) is 17.3 Å².